The molecule has 0 atom stereocenters. The molecule has 0 fully saturated rings. The number of aromatic nitrogens is 5. The van der Waals surface area contributed by atoms with Gasteiger partial charge in [-0.3, -0.25) is 4.68 Å². The van der Waals surface area contributed by atoms with Gasteiger partial charge in [0.15, 0.2) is 11.6 Å². The van der Waals surface area contributed by atoms with Crippen LogP contribution in [-0.2, 0) is 18.3 Å². The summed E-state index contributed by atoms with van der Waals surface area (Å²) in [6.07, 6.45) is 2.52. The molecule has 2 aromatic heterocycles. The molecule has 10 heteroatoms. The standard InChI is InChI=1S/C20H24FN7O2/c1-12-13(10-22-19(29)30-20(2,3)4)6-7-14(16(12)21)17-23-11-24-18(26-17)25-15-8-9-28(5)27-15/h6-9,11H,10H2,1-5H3,(H,22,29)(H,23,24,25,26,27). The van der Waals surface area contributed by atoms with Crippen molar-refractivity contribution in [1.82, 2.24) is 30.0 Å². The van der Waals surface area contributed by atoms with Crippen LogP contribution in [0.4, 0.5) is 21.0 Å². The van der Waals surface area contributed by atoms with Crippen LogP contribution in [-0.4, -0.2) is 36.4 Å². The van der Waals surface area contributed by atoms with E-state index in [0.717, 1.165) is 0 Å². The number of ether oxygens (including phenoxy) is 1. The number of alkyl carbamates (subject to hydrolysis) is 1. The summed E-state index contributed by atoms with van der Waals surface area (Å²) in [5, 5.41) is 9.78. The minimum absolute atomic E-state index is 0.141. The number of rotatable bonds is 5. The number of nitrogens with one attached hydrogen (secondary N) is 2. The number of hydrogen-bond acceptors (Lipinski definition) is 7. The van der Waals surface area contributed by atoms with Crippen molar-refractivity contribution < 1.29 is 13.9 Å². The fourth-order valence-corrected chi connectivity index (χ4v) is 2.65. The summed E-state index contributed by atoms with van der Waals surface area (Å²) in [4.78, 5) is 24.3. The van der Waals surface area contributed by atoms with Crippen molar-refractivity contribution in [2.24, 2.45) is 7.05 Å². The molecule has 9 nitrogen and oxygen atoms in total. The van der Waals surface area contributed by atoms with Crippen LogP contribution in [0.3, 0.4) is 0 Å². The van der Waals surface area contributed by atoms with Crippen molar-refractivity contribution in [2.75, 3.05) is 5.32 Å². The third-order valence-electron chi connectivity index (χ3n) is 4.09. The highest BCUT2D eigenvalue weighted by molar-refractivity contribution is 5.68. The maximum atomic E-state index is 15.0. The molecule has 0 radical (unpaired) electrons. The van der Waals surface area contributed by atoms with Gasteiger partial charge in [-0.1, -0.05) is 6.07 Å². The summed E-state index contributed by atoms with van der Waals surface area (Å²) < 4.78 is 21.9. The van der Waals surface area contributed by atoms with E-state index in [4.69, 9.17) is 4.74 Å². The molecule has 30 heavy (non-hydrogen) atoms. The quantitative estimate of drug-likeness (QED) is 0.659. The van der Waals surface area contributed by atoms with Crippen molar-refractivity contribution in [3.8, 4) is 11.4 Å². The zero-order valence-corrected chi connectivity index (χ0v) is 17.5. The Balaban J connectivity index is 1.76. The number of benzene rings is 1. The van der Waals surface area contributed by atoms with E-state index >= 15 is 4.39 Å². The Morgan fingerprint density at radius 1 is 1.23 bits per heavy atom. The topological polar surface area (TPSA) is 107 Å². The highest BCUT2D eigenvalue weighted by Gasteiger charge is 2.18. The van der Waals surface area contributed by atoms with Gasteiger partial charge >= 0.3 is 6.09 Å². The van der Waals surface area contributed by atoms with Crippen LogP contribution in [0.25, 0.3) is 11.4 Å². The zero-order chi connectivity index (χ0) is 21.9. The Hall–Kier alpha value is -3.56. The van der Waals surface area contributed by atoms with Gasteiger partial charge in [-0.05, 0) is 44.9 Å². The fourth-order valence-electron chi connectivity index (χ4n) is 2.65. The lowest BCUT2D eigenvalue weighted by Crippen LogP contribution is -2.32. The molecule has 1 amide bonds. The molecule has 0 aliphatic heterocycles. The number of anilines is 2. The van der Waals surface area contributed by atoms with E-state index in [1.807, 2.05) is 0 Å². The SMILES string of the molecule is Cc1c(CNC(=O)OC(C)(C)C)ccc(-c2ncnc(Nc3ccn(C)n3)n2)c1F. The number of halogens is 1. The molecular weight excluding hydrogens is 389 g/mol. The molecule has 0 saturated carbocycles. The number of nitrogens with zero attached hydrogens (tertiary/aromatic N) is 5. The van der Waals surface area contributed by atoms with Crippen LogP contribution < -0.4 is 10.6 Å². The molecule has 0 saturated heterocycles. The van der Waals surface area contributed by atoms with Crippen molar-refractivity contribution >= 4 is 17.9 Å². The maximum absolute atomic E-state index is 15.0. The van der Waals surface area contributed by atoms with E-state index in [1.54, 1.807) is 63.8 Å². The number of carbonyl (C=O) groups excluding carboxylic acids is 1. The normalized spacial score (nSPS) is 11.3. The van der Waals surface area contributed by atoms with Crippen LogP contribution in [0, 0.1) is 12.7 Å². The van der Waals surface area contributed by atoms with Gasteiger partial charge in [-0.15, -0.1) is 0 Å². The van der Waals surface area contributed by atoms with E-state index in [2.05, 4.69) is 30.7 Å². The average molecular weight is 413 g/mol. The highest BCUT2D eigenvalue weighted by Crippen LogP contribution is 2.25. The van der Waals surface area contributed by atoms with Gasteiger partial charge in [0.25, 0.3) is 0 Å². The van der Waals surface area contributed by atoms with Gasteiger partial charge in [-0.2, -0.15) is 10.1 Å². The van der Waals surface area contributed by atoms with Gasteiger partial charge in [0.1, 0.15) is 17.7 Å². The lowest BCUT2D eigenvalue weighted by atomic mass is 10.0. The first-order chi connectivity index (χ1) is 14.1. The molecule has 3 rings (SSSR count). The van der Waals surface area contributed by atoms with Crippen molar-refractivity contribution in [1.29, 1.82) is 0 Å². The molecule has 0 bridgehead atoms. The smallest absolute Gasteiger partial charge is 0.407 e. The molecule has 2 heterocycles. The molecule has 0 spiro atoms. The predicted octanol–water partition coefficient (Wildman–Crippen LogP) is 3.49. The number of hydrogen-bond donors (Lipinski definition) is 2. The summed E-state index contributed by atoms with van der Waals surface area (Å²) in [5.74, 6) is 0.547. The molecular formula is C20H24FN7O2. The number of carbonyl (C=O) groups is 1. The van der Waals surface area contributed by atoms with E-state index in [9.17, 15) is 4.79 Å². The predicted molar refractivity (Wildman–Crippen MR) is 110 cm³/mol. The maximum Gasteiger partial charge on any atom is 0.407 e. The van der Waals surface area contributed by atoms with Gasteiger partial charge < -0.3 is 15.4 Å². The van der Waals surface area contributed by atoms with Gasteiger partial charge in [-0.25, -0.2) is 19.2 Å². The first kappa shape index (κ1) is 21.2. The monoisotopic (exact) mass is 413 g/mol. The molecule has 3 aromatic rings. The summed E-state index contributed by atoms with van der Waals surface area (Å²) in [7, 11) is 1.79. The van der Waals surface area contributed by atoms with Crippen molar-refractivity contribution in [2.45, 2.75) is 39.8 Å². The fraction of sp³-hybridized carbons (Fsp3) is 0.350. The van der Waals surface area contributed by atoms with E-state index < -0.39 is 17.5 Å². The Labute approximate surface area is 173 Å². The Morgan fingerprint density at radius 2 is 2.00 bits per heavy atom. The van der Waals surface area contributed by atoms with Crippen molar-refractivity contribution in [3.63, 3.8) is 0 Å². The first-order valence-corrected chi connectivity index (χ1v) is 9.33. The molecule has 2 N–H and O–H groups in total. The lowest BCUT2D eigenvalue weighted by Gasteiger charge is -2.20. The Morgan fingerprint density at radius 3 is 2.67 bits per heavy atom. The third kappa shape index (κ3) is 5.28. The van der Waals surface area contributed by atoms with Gasteiger partial charge in [0, 0.05) is 25.9 Å². The molecule has 0 unspecified atom stereocenters. The van der Waals surface area contributed by atoms with Gasteiger partial charge in [0.05, 0.1) is 5.56 Å². The molecule has 158 valence electrons. The van der Waals surface area contributed by atoms with E-state index in [0.29, 0.717) is 16.9 Å². The lowest BCUT2D eigenvalue weighted by molar-refractivity contribution is 0.0523. The zero-order valence-electron chi connectivity index (χ0n) is 17.5. The third-order valence-corrected chi connectivity index (χ3v) is 4.09. The Bertz CT molecular complexity index is 1060. The van der Waals surface area contributed by atoms with Gasteiger partial charge in [0.2, 0.25) is 5.95 Å². The Kier molecular flexibility index (Phi) is 5.95. The molecule has 1 aromatic carbocycles. The second-order valence-corrected chi connectivity index (χ2v) is 7.70. The van der Waals surface area contributed by atoms with Crippen molar-refractivity contribution in [3.05, 3.63) is 47.7 Å². The second-order valence-electron chi connectivity index (χ2n) is 7.70. The van der Waals surface area contributed by atoms with Crippen LogP contribution in [0.1, 0.15) is 31.9 Å². The largest absolute Gasteiger partial charge is 0.444 e. The number of amides is 1. The molecule has 0 aliphatic carbocycles. The van der Waals surface area contributed by atoms with E-state index in [-0.39, 0.29) is 23.9 Å². The summed E-state index contributed by atoms with van der Waals surface area (Å²) in [5.41, 5.74) is 0.652. The van der Waals surface area contributed by atoms with Crippen LogP contribution in [0.15, 0.2) is 30.7 Å². The minimum atomic E-state index is -0.603. The van der Waals surface area contributed by atoms with Crippen LogP contribution >= 0.6 is 0 Å². The minimum Gasteiger partial charge on any atom is -0.444 e. The molecule has 0 aliphatic rings. The van der Waals surface area contributed by atoms with E-state index in [1.165, 1.54) is 6.33 Å². The summed E-state index contributed by atoms with van der Waals surface area (Å²) in [6, 6.07) is 5.07. The first-order valence-electron chi connectivity index (χ1n) is 9.33. The average Bonchev–Trinajstić information content (AvgIpc) is 3.06. The summed E-state index contributed by atoms with van der Waals surface area (Å²) >= 11 is 0. The van der Waals surface area contributed by atoms with Crippen LogP contribution in [0.2, 0.25) is 0 Å². The van der Waals surface area contributed by atoms with Crippen LogP contribution in [0.5, 0.6) is 0 Å². The number of aryl methyl sites for hydroxylation is 1. The summed E-state index contributed by atoms with van der Waals surface area (Å²) in [6.45, 7) is 7.11. The second kappa shape index (κ2) is 8.44. The highest BCUT2D eigenvalue weighted by atomic mass is 19.1.